The molecule has 1 unspecified atom stereocenters. The molecule has 5 rings (SSSR count). The Morgan fingerprint density at radius 1 is 1.11 bits per heavy atom. The van der Waals surface area contributed by atoms with Crippen LogP contribution in [0.4, 0.5) is 4.79 Å². The molecule has 0 bridgehead atoms. The minimum Gasteiger partial charge on any atom is -0.497 e. The Morgan fingerprint density at radius 2 is 1.83 bits per heavy atom. The fraction of sp³-hybridized carbons (Fsp3) is 0.417. The number of thiazole rings is 1. The molecule has 4 amide bonds. The Bertz CT molecular complexity index is 1250. The lowest BCUT2D eigenvalue weighted by Gasteiger charge is -2.34. The van der Waals surface area contributed by atoms with Crippen molar-refractivity contribution < 1.29 is 23.7 Å². The molecule has 12 heteroatoms. The minimum atomic E-state index is -0.743. The zero-order valence-corrected chi connectivity index (χ0v) is 21.3. The number of methoxy groups -OCH3 is 1. The van der Waals surface area contributed by atoms with Crippen LogP contribution in [0.15, 0.2) is 34.6 Å². The van der Waals surface area contributed by atoms with Crippen molar-refractivity contribution >= 4 is 41.4 Å². The van der Waals surface area contributed by atoms with Crippen LogP contribution in [0, 0.1) is 0 Å². The van der Waals surface area contributed by atoms with Gasteiger partial charge in [0, 0.05) is 51.2 Å². The summed E-state index contributed by atoms with van der Waals surface area (Å²) in [6.45, 7) is 3.48. The van der Waals surface area contributed by atoms with E-state index in [1.165, 1.54) is 18.3 Å². The number of likely N-dealkylation sites (N-methyl/N-ethyl adjacent to an activating group) is 2. The number of urea groups is 1. The second kappa shape index (κ2) is 9.78. The topological polar surface area (TPSA) is 102 Å². The lowest BCUT2D eigenvalue weighted by Crippen LogP contribution is -2.62. The smallest absolute Gasteiger partial charge is 0.333 e. The zero-order valence-electron chi connectivity index (χ0n) is 20.5. The minimum absolute atomic E-state index is 0.0387. The predicted molar refractivity (Wildman–Crippen MR) is 134 cm³/mol. The number of nitrogens with zero attached hydrogens (tertiary/aromatic N) is 7. The molecule has 11 nitrogen and oxygen atoms in total. The molecule has 2 fully saturated rings. The molecule has 4 heterocycles. The number of carbonyl (C=O) groups is 3. The predicted octanol–water partition coefficient (Wildman–Crippen LogP) is 0.808. The first-order chi connectivity index (χ1) is 17.4. The maximum Gasteiger partial charge on any atom is 0.333 e. The van der Waals surface area contributed by atoms with E-state index in [4.69, 9.17) is 9.72 Å². The Hall–Kier alpha value is -3.64. The van der Waals surface area contributed by atoms with Crippen LogP contribution in [0.25, 0.3) is 11.3 Å². The molecular formula is C24H28N7O4S+. The van der Waals surface area contributed by atoms with Crippen LogP contribution in [0.1, 0.15) is 5.01 Å². The summed E-state index contributed by atoms with van der Waals surface area (Å²) in [7, 11) is 4.67. The summed E-state index contributed by atoms with van der Waals surface area (Å²) in [5.41, 5.74) is 2.00. The Kier molecular flexibility index (Phi) is 6.54. The number of benzene rings is 1. The summed E-state index contributed by atoms with van der Waals surface area (Å²) in [6.07, 6.45) is 1.48. The van der Waals surface area contributed by atoms with E-state index in [0.717, 1.165) is 46.5 Å². The van der Waals surface area contributed by atoms with Crippen molar-refractivity contribution in [2.45, 2.75) is 12.6 Å². The highest BCUT2D eigenvalue weighted by molar-refractivity contribution is 7.09. The largest absolute Gasteiger partial charge is 0.497 e. The van der Waals surface area contributed by atoms with Gasteiger partial charge in [-0.3, -0.25) is 24.3 Å². The second-order valence-corrected chi connectivity index (χ2v) is 9.87. The van der Waals surface area contributed by atoms with Gasteiger partial charge in [0.25, 0.3) is 30.0 Å². The molecule has 0 aliphatic carbocycles. The van der Waals surface area contributed by atoms with Crippen molar-refractivity contribution in [3.8, 4) is 17.0 Å². The number of hydrogen-bond acceptors (Lipinski definition) is 8. The van der Waals surface area contributed by atoms with Crippen LogP contribution < -0.4 is 4.74 Å². The first kappa shape index (κ1) is 24.1. The van der Waals surface area contributed by atoms with Crippen molar-refractivity contribution in [1.29, 1.82) is 0 Å². The first-order valence-corrected chi connectivity index (χ1v) is 12.5. The number of imide groups is 1. The fourth-order valence-corrected chi connectivity index (χ4v) is 5.40. The number of piperazine rings is 1. The van der Waals surface area contributed by atoms with Crippen molar-refractivity contribution in [1.82, 2.24) is 24.6 Å². The fourth-order valence-electron chi connectivity index (χ4n) is 4.55. The van der Waals surface area contributed by atoms with E-state index in [1.54, 1.807) is 30.1 Å². The van der Waals surface area contributed by atoms with Gasteiger partial charge < -0.3 is 9.64 Å². The van der Waals surface area contributed by atoms with E-state index < -0.39 is 12.1 Å². The molecule has 0 N–H and O–H groups in total. The standard InChI is InChI=1S/C24H28N7O4S/c1-27-22-21(23(33)28(2)24(27)34)31(15-25-22)13-20(32)30-10-8-29(9-11-30)12-19-26-18(14-36-19)16-4-6-17(35-3)7-5-16/h4-7,14-15,21H,8-13H2,1-3H3/q+1. The van der Waals surface area contributed by atoms with Crippen molar-refractivity contribution in [2.24, 2.45) is 4.99 Å². The maximum atomic E-state index is 13.0. The molecule has 2 saturated heterocycles. The third-order valence-corrected chi connectivity index (χ3v) is 7.57. The lowest BCUT2D eigenvalue weighted by molar-refractivity contribution is -0.520. The third kappa shape index (κ3) is 4.49. The number of ether oxygens (including phenoxy) is 1. The number of hydrogen-bond donors (Lipinski definition) is 0. The highest BCUT2D eigenvalue weighted by Gasteiger charge is 2.51. The number of rotatable bonds is 6. The van der Waals surface area contributed by atoms with Crippen LogP contribution >= 0.6 is 11.3 Å². The Labute approximate surface area is 212 Å². The van der Waals surface area contributed by atoms with E-state index in [0.29, 0.717) is 18.9 Å². The summed E-state index contributed by atoms with van der Waals surface area (Å²) >= 11 is 1.64. The van der Waals surface area contributed by atoms with Gasteiger partial charge in [0.05, 0.1) is 19.3 Å². The Morgan fingerprint density at radius 3 is 2.53 bits per heavy atom. The van der Waals surface area contributed by atoms with Crippen LogP contribution in [-0.4, -0.2) is 119 Å². The van der Waals surface area contributed by atoms with E-state index in [-0.39, 0.29) is 18.4 Å². The number of aliphatic imine (C=N–C) groups is 1. The van der Waals surface area contributed by atoms with Gasteiger partial charge in [-0.25, -0.2) is 14.4 Å². The van der Waals surface area contributed by atoms with Crippen LogP contribution in [0.2, 0.25) is 0 Å². The summed E-state index contributed by atoms with van der Waals surface area (Å²) in [4.78, 5) is 53.4. The van der Waals surface area contributed by atoms with Gasteiger partial charge in [-0.05, 0) is 29.3 Å². The van der Waals surface area contributed by atoms with E-state index >= 15 is 0 Å². The molecule has 0 spiro atoms. The SMILES string of the molecule is COc1ccc(-c2csc(CN3CCN(C(=O)C[N+]4=CN=C5C4C(=O)N(C)C(=O)N5C)CC3)n2)cc1. The van der Waals surface area contributed by atoms with Crippen molar-refractivity contribution in [3.05, 3.63) is 34.7 Å². The van der Waals surface area contributed by atoms with Crippen molar-refractivity contribution in [2.75, 3.05) is 53.9 Å². The quantitative estimate of drug-likeness (QED) is 0.533. The van der Waals surface area contributed by atoms with Gasteiger partial charge in [0.2, 0.25) is 0 Å². The molecule has 36 heavy (non-hydrogen) atoms. The van der Waals surface area contributed by atoms with Crippen molar-refractivity contribution in [3.63, 3.8) is 0 Å². The Balaban J connectivity index is 1.13. The first-order valence-electron chi connectivity index (χ1n) is 11.7. The molecule has 1 atom stereocenters. The normalized spacial score (nSPS) is 20.4. The van der Waals surface area contributed by atoms with E-state index in [9.17, 15) is 14.4 Å². The summed E-state index contributed by atoms with van der Waals surface area (Å²) < 4.78 is 6.83. The third-order valence-electron chi connectivity index (χ3n) is 6.74. The number of fused-ring (bicyclic) bond motifs is 1. The summed E-state index contributed by atoms with van der Waals surface area (Å²) in [5.74, 6) is 0.740. The van der Waals surface area contributed by atoms with Gasteiger partial charge >= 0.3 is 6.03 Å². The second-order valence-electron chi connectivity index (χ2n) is 8.93. The van der Waals surface area contributed by atoms with Gasteiger partial charge in [0.15, 0.2) is 6.54 Å². The van der Waals surface area contributed by atoms with E-state index in [1.807, 2.05) is 29.2 Å². The highest BCUT2D eigenvalue weighted by atomic mass is 32.1. The molecule has 0 saturated carbocycles. The summed E-state index contributed by atoms with van der Waals surface area (Å²) in [6, 6.07) is 6.69. The van der Waals surface area contributed by atoms with Crippen LogP contribution in [0.5, 0.6) is 5.75 Å². The molecule has 2 aromatic rings. The van der Waals surface area contributed by atoms with Gasteiger partial charge in [0.1, 0.15) is 10.8 Å². The molecule has 0 radical (unpaired) electrons. The molecule has 1 aromatic heterocycles. The molecule has 3 aliphatic rings. The van der Waals surface area contributed by atoms with Crippen LogP contribution in [-0.2, 0) is 16.1 Å². The number of amides is 4. The number of carbonyl (C=O) groups excluding carboxylic acids is 3. The van der Waals surface area contributed by atoms with Gasteiger partial charge in [-0.15, -0.1) is 11.3 Å². The van der Waals surface area contributed by atoms with Crippen LogP contribution in [0.3, 0.4) is 0 Å². The maximum absolute atomic E-state index is 13.0. The zero-order chi connectivity index (χ0) is 25.4. The van der Waals surface area contributed by atoms with E-state index in [2.05, 4.69) is 15.3 Å². The average Bonchev–Trinajstić information content (AvgIpc) is 3.54. The molecular weight excluding hydrogens is 482 g/mol. The average molecular weight is 511 g/mol. The number of aromatic nitrogens is 1. The summed E-state index contributed by atoms with van der Waals surface area (Å²) in [5, 5.41) is 3.10. The van der Waals surface area contributed by atoms with Gasteiger partial charge in [-0.1, -0.05) is 0 Å². The van der Waals surface area contributed by atoms with Gasteiger partial charge in [-0.2, -0.15) is 0 Å². The lowest BCUT2D eigenvalue weighted by atomic mass is 10.1. The molecule has 3 aliphatic heterocycles. The number of amidine groups is 1. The molecule has 1 aromatic carbocycles. The highest BCUT2D eigenvalue weighted by Crippen LogP contribution is 2.25. The molecule has 188 valence electrons. The monoisotopic (exact) mass is 510 g/mol.